The number of nitrogens with zero attached hydrogens (tertiary/aromatic N) is 1. The highest BCUT2D eigenvalue weighted by Gasteiger charge is 2.29. The molecule has 0 aromatic heterocycles. The number of fused-ring (bicyclic) bond motifs is 1. The Hall–Kier alpha value is -2.08. The molecule has 0 saturated carbocycles. The van der Waals surface area contributed by atoms with Gasteiger partial charge in [0.25, 0.3) is 5.91 Å². The first-order chi connectivity index (χ1) is 13.7. The predicted molar refractivity (Wildman–Crippen MR) is 115 cm³/mol. The fourth-order valence-corrected chi connectivity index (χ4v) is 4.03. The lowest BCUT2D eigenvalue weighted by Crippen LogP contribution is -3.13. The van der Waals surface area contributed by atoms with Crippen LogP contribution in [0.5, 0.6) is 5.75 Å². The minimum atomic E-state index is -0.175. The number of piperidine rings is 1. The van der Waals surface area contributed by atoms with Crippen LogP contribution in [0.15, 0.2) is 18.2 Å². The van der Waals surface area contributed by atoms with E-state index in [4.69, 9.17) is 4.74 Å². The molecule has 2 aliphatic heterocycles. The summed E-state index contributed by atoms with van der Waals surface area (Å²) in [5, 5.41) is 2.99. The lowest BCUT2D eigenvalue weighted by molar-refractivity contribution is -0.906. The van der Waals surface area contributed by atoms with Gasteiger partial charge in [0.2, 0.25) is 5.91 Å². The van der Waals surface area contributed by atoms with Crippen LogP contribution in [-0.4, -0.2) is 51.1 Å². The molecule has 160 valence electrons. The van der Waals surface area contributed by atoms with Gasteiger partial charge in [0, 0.05) is 13.0 Å². The van der Waals surface area contributed by atoms with Crippen LogP contribution in [0.2, 0.25) is 0 Å². The van der Waals surface area contributed by atoms with E-state index in [1.807, 2.05) is 18.2 Å². The Bertz CT molecular complexity index is 733. The van der Waals surface area contributed by atoms with Crippen molar-refractivity contribution in [3.8, 4) is 5.75 Å². The molecule has 6 heteroatoms. The molecular weight excluding hydrogens is 366 g/mol. The zero-order chi connectivity index (χ0) is 21.0. The fourth-order valence-electron chi connectivity index (χ4n) is 4.03. The first-order valence-corrected chi connectivity index (χ1v) is 10.9. The predicted octanol–water partition coefficient (Wildman–Crippen LogP) is 1.53. The molecule has 6 nitrogen and oxygen atoms in total. The second-order valence-corrected chi connectivity index (χ2v) is 9.59. The highest BCUT2D eigenvalue weighted by molar-refractivity contribution is 6.02. The Balaban J connectivity index is 1.53. The Morgan fingerprint density at radius 2 is 2.00 bits per heavy atom. The van der Waals surface area contributed by atoms with Gasteiger partial charge in [-0.15, -0.1) is 0 Å². The lowest BCUT2D eigenvalue weighted by Gasteiger charge is -2.31. The van der Waals surface area contributed by atoms with E-state index in [0.717, 1.165) is 24.4 Å². The number of anilines is 1. The Morgan fingerprint density at radius 3 is 2.69 bits per heavy atom. The molecular formula is C23H36N3O3+. The average Bonchev–Trinajstić information content (AvgIpc) is 2.68. The molecule has 0 radical (unpaired) electrons. The van der Waals surface area contributed by atoms with Crippen molar-refractivity contribution in [3.63, 3.8) is 0 Å². The first kappa shape index (κ1) is 21.6. The van der Waals surface area contributed by atoms with Crippen LogP contribution in [0.1, 0.15) is 52.5 Å². The van der Waals surface area contributed by atoms with Crippen molar-refractivity contribution in [2.24, 2.45) is 5.92 Å². The highest BCUT2D eigenvalue weighted by Crippen LogP contribution is 2.36. The van der Waals surface area contributed by atoms with Crippen LogP contribution >= 0.6 is 0 Å². The largest absolute Gasteiger partial charge is 0.482 e. The molecule has 0 atom stereocenters. The Morgan fingerprint density at radius 1 is 1.28 bits per heavy atom. The normalized spacial score (nSPS) is 22.1. The van der Waals surface area contributed by atoms with Crippen LogP contribution in [0.3, 0.4) is 0 Å². The zero-order valence-corrected chi connectivity index (χ0v) is 18.3. The van der Waals surface area contributed by atoms with Gasteiger partial charge in [-0.05, 0) is 41.9 Å². The molecule has 0 aliphatic carbocycles. The number of benzene rings is 1. The summed E-state index contributed by atoms with van der Waals surface area (Å²) >= 11 is 0. The molecule has 2 heterocycles. The van der Waals surface area contributed by atoms with Crippen LogP contribution in [0, 0.1) is 5.92 Å². The molecule has 29 heavy (non-hydrogen) atoms. The van der Waals surface area contributed by atoms with Crippen molar-refractivity contribution >= 4 is 17.5 Å². The topological polar surface area (TPSA) is 63.1 Å². The van der Waals surface area contributed by atoms with Gasteiger partial charge in [-0.1, -0.05) is 33.8 Å². The molecule has 2 amide bonds. The van der Waals surface area contributed by atoms with Crippen LogP contribution in [0.4, 0.5) is 5.69 Å². The van der Waals surface area contributed by atoms with Crippen molar-refractivity contribution in [2.45, 2.75) is 52.4 Å². The van der Waals surface area contributed by atoms with Gasteiger partial charge < -0.3 is 15.0 Å². The maximum Gasteiger partial charge on any atom is 0.265 e. The van der Waals surface area contributed by atoms with E-state index in [0.29, 0.717) is 18.0 Å². The van der Waals surface area contributed by atoms with Crippen molar-refractivity contribution < 1.29 is 19.2 Å². The molecule has 1 aromatic carbocycles. The minimum absolute atomic E-state index is 0.0219. The monoisotopic (exact) mass is 402 g/mol. The van der Waals surface area contributed by atoms with E-state index >= 15 is 0 Å². The molecule has 1 aromatic rings. The van der Waals surface area contributed by atoms with E-state index in [9.17, 15) is 9.59 Å². The molecule has 2 N–H and O–H groups in total. The number of carbonyl (C=O) groups excluding carboxylic acids is 2. The van der Waals surface area contributed by atoms with Gasteiger partial charge in [0.15, 0.2) is 6.61 Å². The van der Waals surface area contributed by atoms with E-state index in [-0.39, 0.29) is 30.4 Å². The number of hydrogen-bond acceptors (Lipinski definition) is 3. The van der Waals surface area contributed by atoms with E-state index in [1.54, 1.807) is 9.80 Å². The smallest absolute Gasteiger partial charge is 0.265 e. The summed E-state index contributed by atoms with van der Waals surface area (Å²) in [5.41, 5.74) is 1.76. The summed E-state index contributed by atoms with van der Waals surface area (Å²) in [4.78, 5) is 28.1. The Labute approximate surface area is 174 Å². The molecule has 0 spiro atoms. The van der Waals surface area contributed by atoms with Crippen LogP contribution in [-0.2, 0) is 15.0 Å². The van der Waals surface area contributed by atoms with Crippen molar-refractivity contribution in [3.05, 3.63) is 23.8 Å². The van der Waals surface area contributed by atoms with Crippen molar-refractivity contribution in [1.29, 1.82) is 0 Å². The third kappa shape index (κ3) is 5.72. The second-order valence-electron chi connectivity index (χ2n) is 9.59. The fraction of sp³-hybridized carbons (Fsp3) is 0.652. The number of nitrogens with one attached hydrogen (secondary N) is 2. The number of carbonyl (C=O) groups is 2. The van der Waals surface area contributed by atoms with Gasteiger partial charge in [0.05, 0.1) is 25.3 Å². The van der Waals surface area contributed by atoms with Crippen molar-refractivity contribution in [1.82, 2.24) is 5.32 Å². The zero-order valence-electron chi connectivity index (χ0n) is 18.3. The van der Waals surface area contributed by atoms with Crippen molar-refractivity contribution in [2.75, 3.05) is 44.2 Å². The summed E-state index contributed by atoms with van der Waals surface area (Å²) < 4.78 is 5.56. The number of likely N-dealkylation sites (tertiary alicyclic amines) is 1. The third-order valence-electron chi connectivity index (χ3n) is 6.08. The van der Waals surface area contributed by atoms with E-state index < -0.39 is 0 Å². The van der Waals surface area contributed by atoms with Gasteiger partial charge in [-0.25, -0.2) is 0 Å². The number of quaternary nitrogens is 1. The number of rotatable bonds is 6. The quantitative estimate of drug-likeness (QED) is 0.710. The van der Waals surface area contributed by atoms with Crippen LogP contribution in [0.25, 0.3) is 0 Å². The van der Waals surface area contributed by atoms with Gasteiger partial charge in [0.1, 0.15) is 12.3 Å². The number of ether oxygens (including phenoxy) is 1. The van der Waals surface area contributed by atoms with Crippen LogP contribution < -0.4 is 19.9 Å². The molecule has 0 unspecified atom stereocenters. The molecule has 2 aliphatic rings. The standard InChI is InChI=1S/C23H35N3O3/c1-17-8-12-25(13-9-17)11-5-10-24-21(27)15-26-19-14-18(23(2,3)4)6-7-20(19)29-16-22(26)28/h6-7,14,17H,5,8-13,15-16H2,1-4H3,(H,24,27)/p+1. The molecule has 3 rings (SSSR count). The number of hydrogen-bond donors (Lipinski definition) is 2. The maximum absolute atomic E-state index is 12.5. The summed E-state index contributed by atoms with van der Waals surface area (Å²) in [6.45, 7) is 13.0. The van der Waals surface area contributed by atoms with Gasteiger partial charge in [-0.2, -0.15) is 0 Å². The summed E-state index contributed by atoms with van der Waals surface area (Å²) in [6, 6.07) is 5.90. The molecule has 1 saturated heterocycles. The van der Waals surface area contributed by atoms with Gasteiger partial charge >= 0.3 is 0 Å². The number of amides is 2. The maximum atomic E-state index is 12.5. The van der Waals surface area contributed by atoms with E-state index in [1.165, 1.54) is 25.9 Å². The highest BCUT2D eigenvalue weighted by atomic mass is 16.5. The molecule has 0 bridgehead atoms. The minimum Gasteiger partial charge on any atom is -0.482 e. The van der Waals surface area contributed by atoms with E-state index in [2.05, 4.69) is 33.0 Å². The summed E-state index contributed by atoms with van der Waals surface area (Å²) in [5.74, 6) is 1.22. The summed E-state index contributed by atoms with van der Waals surface area (Å²) in [6.07, 6.45) is 3.57. The average molecular weight is 403 g/mol. The Kier molecular flexibility index (Phi) is 6.83. The SMILES string of the molecule is CC1CC[NH+](CCCNC(=O)CN2C(=O)COc3ccc(C(C)(C)C)cc32)CC1. The lowest BCUT2D eigenvalue weighted by atomic mass is 9.86. The summed E-state index contributed by atoms with van der Waals surface area (Å²) in [7, 11) is 0. The first-order valence-electron chi connectivity index (χ1n) is 10.9. The second kappa shape index (κ2) is 9.16. The van der Waals surface area contributed by atoms with Gasteiger partial charge in [-0.3, -0.25) is 14.5 Å². The third-order valence-corrected chi connectivity index (χ3v) is 6.08. The molecule has 1 fully saturated rings.